The molecule has 0 spiro atoms. The van der Waals surface area contributed by atoms with Crippen molar-refractivity contribution in [2.24, 2.45) is 0 Å². The molecule has 0 N–H and O–H groups in total. The fourth-order valence-electron chi connectivity index (χ4n) is 4.14. The van der Waals surface area contributed by atoms with Crippen molar-refractivity contribution in [2.45, 2.75) is 55.0 Å². The van der Waals surface area contributed by atoms with Crippen molar-refractivity contribution in [3.63, 3.8) is 0 Å². The van der Waals surface area contributed by atoms with E-state index in [1.165, 1.54) is 22.2 Å². The van der Waals surface area contributed by atoms with Crippen LogP contribution in [0.2, 0.25) is 5.02 Å². The van der Waals surface area contributed by atoms with Gasteiger partial charge in [0.2, 0.25) is 5.91 Å². The summed E-state index contributed by atoms with van der Waals surface area (Å²) in [6.45, 7) is 1.11. The van der Waals surface area contributed by atoms with Crippen molar-refractivity contribution >= 4 is 35.2 Å². The number of carbonyl (C=O) groups excluding carboxylic acids is 2. The summed E-state index contributed by atoms with van der Waals surface area (Å²) in [5.74, 6) is 1.02. The Morgan fingerprint density at radius 1 is 1.00 bits per heavy atom. The lowest BCUT2D eigenvalue weighted by Gasteiger charge is -2.22. The van der Waals surface area contributed by atoms with Crippen molar-refractivity contribution in [3.05, 3.63) is 76.6 Å². The molecule has 2 aliphatic rings. The molecule has 1 aliphatic carbocycles. The van der Waals surface area contributed by atoms with E-state index in [0.29, 0.717) is 36.0 Å². The van der Waals surface area contributed by atoms with Gasteiger partial charge in [0.1, 0.15) is 5.82 Å². The molecule has 170 valence electrons. The number of aromatic nitrogens is 3. The summed E-state index contributed by atoms with van der Waals surface area (Å²) in [5, 5.41) is 9.91. The molecule has 1 unspecified atom stereocenters. The minimum absolute atomic E-state index is 0.153. The lowest BCUT2D eigenvalue weighted by atomic mass is 10.2. The van der Waals surface area contributed by atoms with E-state index in [2.05, 4.69) is 26.9 Å². The summed E-state index contributed by atoms with van der Waals surface area (Å²) in [7, 11) is 0. The number of rotatable bonds is 6. The number of hydrogen-bond donors (Lipinski definition) is 0. The van der Waals surface area contributed by atoms with Crippen LogP contribution in [0.1, 0.15) is 59.8 Å². The molecule has 0 bridgehead atoms. The molecule has 1 aliphatic heterocycles. The van der Waals surface area contributed by atoms with E-state index in [0.717, 1.165) is 36.7 Å². The second-order valence-electron chi connectivity index (χ2n) is 8.59. The third-order valence-electron chi connectivity index (χ3n) is 6.09. The average molecular weight is 481 g/mol. The SMILES string of the molecule is O=C(c1ccc(Cl)cc1)N1CCCCC(Sc2nnc(C3CC3)n2Cc2ccccc2)C1=O. The lowest BCUT2D eigenvalue weighted by Crippen LogP contribution is -2.41. The predicted octanol–water partition coefficient (Wildman–Crippen LogP) is 5.17. The molecule has 3 aromatic rings. The molecule has 8 heteroatoms. The van der Waals surface area contributed by atoms with E-state index in [1.807, 2.05) is 18.2 Å². The van der Waals surface area contributed by atoms with Crippen molar-refractivity contribution < 1.29 is 9.59 Å². The largest absolute Gasteiger partial charge is 0.301 e. The first-order valence-corrected chi connectivity index (χ1v) is 12.6. The smallest absolute Gasteiger partial charge is 0.260 e. The Balaban J connectivity index is 1.38. The number of imide groups is 1. The van der Waals surface area contributed by atoms with Crippen molar-refractivity contribution in [1.82, 2.24) is 19.7 Å². The van der Waals surface area contributed by atoms with Crippen molar-refractivity contribution in [1.29, 1.82) is 0 Å². The fraction of sp³-hybridized carbons (Fsp3) is 0.360. The summed E-state index contributed by atoms with van der Waals surface area (Å²) in [6.07, 6.45) is 4.65. The van der Waals surface area contributed by atoms with Gasteiger partial charge in [-0.2, -0.15) is 0 Å². The first kappa shape index (κ1) is 22.2. The summed E-state index contributed by atoms with van der Waals surface area (Å²) < 4.78 is 2.15. The van der Waals surface area contributed by atoms with Crippen LogP contribution < -0.4 is 0 Å². The first-order chi connectivity index (χ1) is 16.1. The second-order valence-corrected chi connectivity index (χ2v) is 10.2. The molecule has 1 saturated carbocycles. The van der Waals surface area contributed by atoms with E-state index in [4.69, 9.17) is 11.6 Å². The molecule has 5 rings (SSSR count). The van der Waals surface area contributed by atoms with Gasteiger partial charge in [-0.15, -0.1) is 10.2 Å². The number of amides is 2. The van der Waals surface area contributed by atoms with Crippen molar-refractivity contribution in [3.8, 4) is 0 Å². The van der Waals surface area contributed by atoms with Gasteiger partial charge in [-0.05, 0) is 55.5 Å². The van der Waals surface area contributed by atoms with Crippen LogP contribution in [-0.2, 0) is 11.3 Å². The molecule has 1 saturated heterocycles. The van der Waals surface area contributed by atoms with Gasteiger partial charge in [0.25, 0.3) is 5.91 Å². The molecule has 2 amide bonds. The highest BCUT2D eigenvalue weighted by Crippen LogP contribution is 2.41. The van der Waals surface area contributed by atoms with Gasteiger partial charge in [-0.1, -0.05) is 60.1 Å². The highest BCUT2D eigenvalue weighted by molar-refractivity contribution is 8.00. The zero-order chi connectivity index (χ0) is 22.8. The molecular weight excluding hydrogens is 456 g/mol. The van der Waals surface area contributed by atoms with Gasteiger partial charge >= 0.3 is 0 Å². The summed E-state index contributed by atoms with van der Waals surface area (Å²) in [6, 6.07) is 16.9. The standard InChI is InChI=1S/C25H25ClN4O2S/c26-20-13-11-19(12-14-20)23(31)29-15-5-4-8-21(24(29)32)33-25-28-27-22(18-9-10-18)30(25)16-17-6-2-1-3-7-17/h1-3,6-7,11-14,18,21H,4-5,8-10,15-16H2. The number of carbonyl (C=O) groups is 2. The Hall–Kier alpha value is -2.64. The maximum absolute atomic E-state index is 13.5. The summed E-state index contributed by atoms with van der Waals surface area (Å²) in [5.41, 5.74) is 1.65. The molecule has 0 radical (unpaired) electrons. The Kier molecular flexibility index (Phi) is 6.51. The molecule has 2 fully saturated rings. The maximum atomic E-state index is 13.5. The monoisotopic (exact) mass is 480 g/mol. The molecule has 1 aromatic heterocycles. The van der Waals surface area contributed by atoms with E-state index >= 15 is 0 Å². The van der Waals surface area contributed by atoms with Crippen molar-refractivity contribution in [2.75, 3.05) is 6.54 Å². The van der Waals surface area contributed by atoms with Crippen LogP contribution in [0.4, 0.5) is 0 Å². The Bertz CT molecular complexity index is 1140. The van der Waals surface area contributed by atoms with E-state index in [-0.39, 0.29) is 17.1 Å². The fourth-order valence-corrected chi connectivity index (χ4v) is 5.41. The van der Waals surface area contributed by atoms with E-state index in [9.17, 15) is 9.59 Å². The topological polar surface area (TPSA) is 68.1 Å². The van der Waals surface area contributed by atoms with Crippen LogP contribution in [0.3, 0.4) is 0 Å². The maximum Gasteiger partial charge on any atom is 0.260 e. The lowest BCUT2D eigenvalue weighted by molar-refractivity contribution is -0.127. The van der Waals surface area contributed by atoms with Crippen LogP contribution in [0.15, 0.2) is 59.8 Å². The summed E-state index contributed by atoms with van der Waals surface area (Å²) >= 11 is 7.40. The van der Waals surface area contributed by atoms with Gasteiger partial charge in [0, 0.05) is 23.0 Å². The second kappa shape index (κ2) is 9.69. The van der Waals surface area contributed by atoms with E-state index < -0.39 is 0 Å². The van der Waals surface area contributed by atoms with Crippen LogP contribution in [-0.4, -0.2) is 43.3 Å². The first-order valence-electron chi connectivity index (χ1n) is 11.3. The molecular formula is C25H25ClN4O2S. The van der Waals surface area contributed by atoms with Crippen LogP contribution in [0, 0.1) is 0 Å². The predicted molar refractivity (Wildman–Crippen MR) is 129 cm³/mol. The van der Waals surface area contributed by atoms with Crippen LogP contribution in [0.25, 0.3) is 0 Å². The molecule has 1 atom stereocenters. The number of benzene rings is 2. The minimum Gasteiger partial charge on any atom is -0.301 e. The number of likely N-dealkylation sites (tertiary alicyclic amines) is 1. The van der Waals surface area contributed by atoms with Gasteiger partial charge in [0.15, 0.2) is 5.16 Å². The minimum atomic E-state index is -0.366. The highest BCUT2D eigenvalue weighted by atomic mass is 35.5. The normalized spacial score (nSPS) is 18.9. The summed E-state index contributed by atoms with van der Waals surface area (Å²) in [4.78, 5) is 28.0. The Labute approximate surface area is 202 Å². The van der Waals surface area contributed by atoms with Crippen LogP contribution in [0.5, 0.6) is 0 Å². The highest BCUT2D eigenvalue weighted by Gasteiger charge is 2.35. The molecule has 6 nitrogen and oxygen atoms in total. The van der Waals surface area contributed by atoms with Gasteiger partial charge in [-0.3, -0.25) is 14.5 Å². The number of halogens is 1. The number of hydrogen-bond acceptors (Lipinski definition) is 5. The van der Waals surface area contributed by atoms with Gasteiger partial charge in [0.05, 0.1) is 11.8 Å². The van der Waals surface area contributed by atoms with Crippen LogP contribution >= 0.6 is 23.4 Å². The van der Waals surface area contributed by atoms with Gasteiger partial charge in [-0.25, -0.2) is 0 Å². The average Bonchev–Trinajstić information content (AvgIpc) is 3.63. The Morgan fingerprint density at radius 2 is 1.76 bits per heavy atom. The quantitative estimate of drug-likeness (QED) is 0.455. The third kappa shape index (κ3) is 4.99. The number of thioether (sulfide) groups is 1. The zero-order valence-corrected chi connectivity index (χ0v) is 19.8. The third-order valence-corrected chi connectivity index (χ3v) is 7.58. The number of nitrogens with zero attached hydrogens (tertiary/aromatic N) is 4. The Morgan fingerprint density at radius 3 is 2.48 bits per heavy atom. The zero-order valence-electron chi connectivity index (χ0n) is 18.2. The molecule has 2 heterocycles. The molecule has 2 aromatic carbocycles. The molecule has 33 heavy (non-hydrogen) atoms. The van der Waals surface area contributed by atoms with Gasteiger partial charge < -0.3 is 4.57 Å². The van der Waals surface area contributed by atoms with E-state index in [1.54, 1.807) is 24.3 Å².